The van der Waals surface area contributed by atoms with Gasteiger partial charge in [-0.2, -0.15) is 5.10 Å². The van der Waals surface area contributed by atoms with Gasteiger partial charge >= 0.3 is 5.97 Å². The van der Waals surface area contributed by atoms with Crippen LogP contribution in [0.25, 0.3) is 0 Å². The number of carbonyl (C=O) groups is 2. The molecule has 4 N–H and O–H groups in total. The van der Waals surface area contributed by atoms with Crippen molar-refractivity contribution in [2.24, 2.45) is 5.73 Å². The highest BCUT2D eigenvalue weighted by Crippen LogP contribution is 2.12. The summed E-state index contributed by atoms with van der Waals surface area (Å²) < 4.78 is 4.82. The van der Waals surface area contributed by atoms with E-state index in [4.69, 9.17) is 10.5 Å². The zero-order chi connectivity index (χ0) is 12.7. The molecule has 0 spiro atoms. The first-order chi connectivity index (χ1) is 8.19. The van der Waals surface area contributed by atoms with E-state index in [0.29, 0.717) is 19.4 Å². The molecule has 1 aromatic rings. The molecule has 17 heavy (non-hydrogen) atoms. The fourth-order valence-electron chi connectivity index (χ4n) is 1.21. The third kappa shape index (κ3) is 3.87. The van der Waals surface area contributed by atoms with Crippen LogP contribution in [-0.2, 0) is 9.53 Å². The maximum absolute atomic E-state index is 11.5. The summed E-state index contributed by atoms with van der Waals surface area (Å²) in [6.45, 7) is 2.42. The Morgan fingerprint density at radius 2 is 2.35 bits per heavy atom. The van der Waals surface area contributed by atoms with Crippen molar-refractivity contribution in [2.45, 2.75) is 19.8 Å². The number of hydrogen-bond donors (Lipinski definition) is 3. The molecule has 1 heterocycles. The molecule has 0 bridgehead atoms. The van der Waals surface area contributed by atoms with E-state index >= 15 is 0 Å². The average molecular weight is 240 g/mol. The Balaban J connectivity index is 2.62. The lowest BCUT2D eigenvalue weighted by Gasteiger charge is -2.04. The fraction of sp³-hybridized carbons (Fsp3) is 0.500. The van der Waals surface area contributed by atoms with Crippen molar-refractivity contribution in [2.75, 3.05) is 18.5 Å². The highest BCUT2D eigenvalue weighted by molar-refractivity contribution is 5.99. The molecule has 0 saturated carbocycles. The van der Waals surface area contributed by atoms with Crippen LogP contribution in [0.4, 0.5) is 5.82 Å². The van der Waals surface area contributed by atoms with Crippen molar-refractivity contribution < 1.29 is 14.3 Å². The summed E-state index contributed by atoms with van der Waals surface area (Å²) >= 11 is 0. The van der Waals surface area contributed by atoms with Crippen LogP contribution in [0.1, 0.15) is 30.1 Å². The van der Waals surface area contributed by atoms with Crippen molar-refractivity contribution in [3.05, 3.63) is 11.8 Å². The SMILES string of the molecule is CCOC(=O)c1cn[nH]c1NC(=O)CCCN. The van der Waals surface area contributed by atoms with E-state index in [1.807, 2.05) is 0 Å². The van der Waals surface area contributed by atoms with Crippen LogP contribution in [0.2, 0.25) is 0 Å². The zero-order valence-corrected chi connectivity index (χ0v) is 9.66. The lowest BCUT2D eigenvalue weighted by Crippen LogP contribution is -2.16. The zero-order valence-electron chi connectivity index (χ0n) is 9.66. The Morgan fingerprint density at radius 1 is 1.59 bits per heavy atom. The van der Waals surface area contributed by atoms with Gasteiger partial charge in [-0.3, -0.25) is 9.89 Å². The summed E-state index contributed by atoms with van der Waals surface area (Å²) in [6, 6.07) is 0. The molecule has 94 valence electrons. The van der Waals surface area contributed by atoms with E-state index in [9.17, 15) is 9.59 Å². The second-order valence-corrected chi connectivity index (χ2v) is 3.32. The van der Waals surface area contributed by atoms with E-state index in [2.05, 4.69) is 15.5 Å². The van der Waals surface area contributed by atoms with Gasteiger partial charge in [0.05, 0.1) is 12.8 Å². The van der Waals surface area contributed by atoms with E-state index in [1.165, 1.54) is 6.20 Å². The predicted molar refractivity (Wildman–Crippen MR) is 61.5 cm³/mol. The van der Waals surface area contributed by atoms with Crippen LogP contribution in [0.15, 0.2) is 6.20 Å². The maximum Gasteiger partial charge on any atom is 0.343 e. The minimum absolute atomic E-state index is 0.216. The van der Waals surface area contributed by atoms with E-state index in [1.54, 1.807) is 6.92 Å². The van der Waals surface area contributed by atoms with Gasteiger partial charge in [-0.15, -0.1) is 0 Å². The maximum atomic E-state index is 11.5. The normalized spacial score (nSPS) is 10.0. The van der Waals surface area contributed by atoms with Gasteiger partial charge in [0.1, 0.15) is 11.4 Å². The standard InChI is InChI=1S/C10H16N4O3/c1-2-17-10(16)7-6-12-14-9(7)13-8(15)4-3-5-11/h6H,2-5,11H2,1H3,(H2,12,13,14,15). The molecule has 1 rings (SSSR count). The Morgan fingerprint density at radius 3 is 3.00 bits per heavy atom. The number of hydrogen-bond acceptors (Lipinski definition) is 5. The van der Waals surface area contributed by atoms with E-state index in [-0.39, 0.29) is 23.9 Å². The van der Waals surface area contributed by atoms with Gasteiger partial charge in [-0.05, 0) is 19.9 Å². The molecule has 7 nitrogen and oxygen atoms in total. The number of aromatic amines is 1. The number of esters is 1. The number of ether oxygens (including phenoxy) is 1. The van der Waals surface area contributed by atoms with Gasteiger partial charge < -0.3 is 15.8 Å². The van der Waals surface area contributed by atoms with Crippen molar-refractivity contribution >= 4 is 17.7 Å². The third-order valence-electron chi connectivity index (χ3n) is 2.01. The van der Waals surface area contributed by atoms with Gasteiger partial charge in [0, 0.05) is 6.42 Å². The molecular formula is C10H16N4O3. The first-order valence-corrected chi connectivity index (χ1v) is 5.39. The predicted octanol–water partition coefficient (Wildman–Crippen LogP) is 0.264. The number of aromatic nitrogens is 2. The van der Waals surface area contributed by atoms with Crippen LogP contribution in [0.3, 0.4) is 0 Å². The van der Waals surface area contributed by atoms with Crippen LogP contribution in [0.5, 0.6) is 0 Å². The molecular weight excluding hydrogens is 224 g/mol. The summed E-state index contributed by atoms with van der Waals surface area (Å²) in [5, 5.41) is 8.78. The smallest absolute Gasteiger partial charge is 0.343 e. The molecule has 0 aliphatic rings. The summed E-state index contributed by atoms with van der Waals surface area (Å²) in [7, 11) is 0. The van der Waals surface area contributed by atoms with E-state index < -0.39 is 5.97 Å². The van der Waals surface area contributed by atoms with Crippen LogP contribution in [-0.4, -0.2) is 35.2 Å². The number of anilines is 1. The molecule has 7 heteroatoms. The summed E-state index contributed by atoms with van der Waals surface area (Å²) in [6.07, 6.45) is 2.21. The molecule has 1 aromatic heterocycles. The molecule has 0 atom stereocenters. The summed E-state index contributed by atoms with van der Waals surface area (Å²) in [4.78, 5) is 22.9. The number of H-pyrrole nitrogens is 1. The van der Waals surface area contributed by atoms with Gasteiger partial charge in [0.25, 0.3) is 0 Å². The quantitative estimate of drug-likeness (QED) is 0.618. The molecule has 0 aliphatic carbocycles. The molecule has 0 aromatic carbocycles. The molecule has 0 radical (unpaired) electrons. The van der Waals surface area contributed by atoms with Gasteiger partial charge in [0.2, 0.25) is 5.91 Å². The van der Waals surface area contributed by atoms with Crippen LogP contribution >= 0.6 is 0 Å². The minimum atomic E-state index is -0.518. The summed E-state index contributed by atoms with van der Waals surface area (Å²) in [5.74, 6) is -0.480. The number of nitrogens with two attached hydrogens (primary N) is 1. The van der Waals surface area contributed by atoms with Crippen molar-refractivity contribution in [3.8, 4) is 0 Å². The van der Waals surface area contributed by atoms with Crippen molar-refractivity contribution in [1.82, 2.24) is 10.2 Å². The lowest BCUT2D eigenvalue weighted by molar-refractivity contribution is -0.116. The largest absolute Gasteiger partial charge is 0.462 e. The Kier molecular flexibility index (Phi) is 5.15. The summed E-state index contributed by atoms with van der Waals surface area (Å²) in [5.41, 5.74) is 5.51. The topological polar surface area (TPSA) is 110 Å². The highest BCUT2D eigenvalue weighted by Gasteiger charge is 2.16. The number of nitrogens with zero attached hydrogens (tertiary/aromatic N) is 1. The molecule has 0 aliphatic heterocycles. The second-order valence-electron chi connectivity index (χ2n) is 3.32. The monoisotopic (exact) mass is 240 g/mol. The number of amides is 1. The van der Waals surface area contributed by atoms with Gasteiger partial charge in [-0.1, -0.05) is 0 Å². The third-order valence-corrected chi connectivity index (χ3v) is 2.01. The van der Waals surface area contributed by atoms with Crippen LogP contribution < -0.4 is 11.1 Å². The first kappa shape index (κ1) is 13.2. The van der Waals surface area contributed by atoms with Crippen molar-refractivity contribution in [3.63, 3.8) is 0 Å². The Hall–Kier alpha value is -1.89. The second kappa shape index (κ2) is 6.64. The first-order valence-electron chi connectivity index (χ1n) is 5.39. The Labute approximate surface area is 98.7 Å². The lowest BCUT2D eigenvalue weighted by atomic mass is 10.3. The van der Waals surface area contributed by atoms with Gasteiger partial charge in [0.15, 0.2) is 0 Å². The highest BCUT2D eigenvalue weighted by atomic mass is 16.5. The fourth-order valence-corrected chi connectivity index (χ4v) is 1.21. The van der Waals surface area contributed by atoms with E-state index in [0.717, 1.165) is 0 Å². The average Bonchev–Trinajstić information content (AvgIpc) is 2.75. The van der Waals surface area contributed by atoms with Crippen molar-refractivity contribution in [1.29, 1.82) is 0 Å². The Bertz CT molecular complexity index is 389. The van der Waals surface area contributed by atoms with Crippen LogP contribution in [0, 0.1) is 0 Å². The number of rotatable bonds is 6. The molecule has 0 fully saturated rings. The molecule has 1 amide bonds. The number of carbonyl (C=O) groups excluding carboxylic acids is 2. The molecule has 0 saturated heterocycles. The minimum Gasteiger partial charge on any atom is -0.462 e. The number of nitrogens with one attached hydrogen (secondary N) is 2. The van der Waals surface area contributed by atoms with Gasteiger partial charge in [-0.25, -0.2) is 4.79 Å². The molecule has 0 unspecified atom stereocenters.